The Hall–Kier alpha value is -3.22. The van der Waals surface area contributed by atoms with E-state index >= 15 is 0 Å². The SMILES string of the molecule is Cc1ccc(NC(=O)C2CCN(C(=O)c3cccc(NC(=O)C4CC4)c3)CC2)nc1. The molecule has 3 amide bonds. The number of benzene rings is 1. The topological polar surface area (TPSA) is 91.4 Å². The van der Waals surface area contributed by atoms with Crippen LogP contribution in [-0.2, 0) is 9.59 Å². The van der Waals surface area contributed by atoms with Crippen molar-refractivity contribution < 1.29 is 14.4 Å². The fourth-order valence-corrected chi connectivity index (χ4v) is 3.62. The number of rotatable bonds is 5. The maximum atomic E-state index is 12.9. The number of nitrogens with one attached hydrogen (secondary N) is 2. The summed E-state index contributed by atoms with van der Waals surface area (Å²) < 4.78 is 0. The monoisotopic (exact) mass is 406 g/mol. The Morgan fingerprint density at radius 2 is 1.63 bits per heavy atom. The van der Waals surface area contributed by atoms with Crippen LogP contribution in [0.4, 0.5) is 11.5 Å². The third-order valence-electron chi connectivity index (χ3n) is 5.64. The lowest BCUT2D eigenvalue weighted by Gasteiger charge is -2.31. The lowest BCUT2D eigenvalue weighted by Crippen LogP contribution is -2.41. The van der Waals surface area contributed by atoms with Gasteiger partial charge >= 0.3 is 0 Å². The smallest absolute Gasteiger partial charge is 0.253 e. The average Bonchev–Trinajstić information content (AvgIpc) is 3.61. The van der Waals surface area contributed by atoms with Crippen LogP contribution in [0.25, 0.3) is 0 Å². The molecule has 7 nitrogen and oxygen atoms in total. The molecule has 1 aromatic heterocycles. The van der Waals surface area contributed by atoms with Crippen molar-refractivity contribution in [2.75, 3.05) is 23.7 Å². The van der Waals surface area contributed by atoms with Crippen molar-refractivity contribution in [3.8, 4) is 0 Å². The molecule has 2 heterocycles. The lowest BCUT2D eigenvalue weighted by atomic mass is 9.95. The van der Waals surface area contributed by atoms with Crippen LogP contribution in [0.15, 0.2) is 42.6 Å². The summed E-state index contributed by atoms with van der Waals surface area (Å²) in [5, 5.41) is 5.74. The molecule has 156 valence electrons. The highest BCUT2D eigenvalue weighted by Crippen LogP contribution is 2.30. The highest BCUT2D eigenvalue weighted by atomic mass is 16.2. The lowest BCUT2D eigenvalue weighted by molar-refractivity contribution is -0.121. The van der Waals surface area contributed by atoms with Gasteiger partial charge in [0.1, 0.15) is 5.82 Å². The molecule has 30 heavy (non-hydrogen) atoms. The molecule has 2 N–H and O–H groups in total. The predicted molar refractivity (Wildman–Crippen MR) is 114 cm³/mol. The summed E-state index contributed by atoms with van der Waals surface area (Å²) in [7, 11) is 0. The number of likely N-dealkylation sites (tertiary alicyclic amines) is 1. The van der Waals surface area contributed by atoms with Crippen molar-refractivity contribution in [3.05, 3.63) is 53.7 Å². The van der Waals surface area contributed by atoms with Gasteiger partial charge in [-0.25, -0.2) is 4.98 Å². The van der Waals surface area contributed by atoms with Gasteiger partial charge in [-0.2, -0.15) is 0 Å². The molecule has 1 saturated heterocycles. The molecule has 2 fully saturated rings. The predicted octanol–water partition coefficient (Wildman–Crippen LogP) is 3.23. The number of hydrogen-bond donors (Lipinski definition) is 2. The molecule has 0 atom stereocenters. The highest BCUT2D eigenvalue weighted by Gasteiger charge is 2.30. The standard InChI is InChI=1S/C23H26N4O3/c1-15-5-8-20(24-14-15)26-22(29)17-9-11-27(12-10-17)23(30)18-3-2-4-19(13-18)25-21(28)16-6-7-16/h2-5,8,13-14,16-17H,6-7,9-12H2,1H3,(H,25,28)(H,24,26,29). The molecule has 2 aliphatic rings. The molecular formula is C23H26N4O3. The Balaban J connectivity index is 1.31. The Labute approximate surface area is 175 Å². The van der Waals surface area contributed by atoms with Gasteiger partial charge in [-0.15, -0.1) is 0 Å². The minimum Gasteiger partial charge on any atom is -0.339 e. The summed E-state index contributed by atoms with van der Waals surface area (Å²) in [6.07, 6.45) is 4.82. The van der Waals surface area contributed by atoms with E-state index in [4.69, 9.17) is 0 Å². The quantitative estimate of drug-likeness (QED) is 0.798. The van der Waals surface area contributed by atoms with Gasteiger partial charge in [-0.3, -0.25) is 14.4 Å². The first kappa shape index (κ1) is 20.1. The van der Waals surface area contributed by atoms with E-state index in [-0.39, 0.29) is 29.6 Å². The normalized spacial score (nSPS) is 16.8. The second-order valence-corrected chi connectivity index (χ2v) is 8.12. The first-order valence-electron chi connectivity index (χ1n) is 10.4. The van der Waals surface area contributed by atoms with E-state index in [0.29, 0.717) is 43.0 Å². The zero-order valence-corrected chi connectivity index (χ0v) is 17.1. The summed E-state index contributed by atoms with van der Waals surface area (Å²) in [6.45, 7) is 3.00. The number of nitrogens with zero attached hydrogens (tertiary/aromatic N) is 2. The third kappa shape index (κ3) is 4.84. The zero-order valence-electron chi connectivity index (χ0n) is 17.1. The number of aryl methyl sites for hydroxylation is 1. The van der Waals surface area contributed by atoms with E-state index in [1.54, 1.807) is 41.4 Å². The van der Waals surface area contributed by atoms with Gasteiger partial charge in [0, 0.05) is 42.4 Å². The van der Waals surface area contributed by atoms with Gasteiger partial charge in [-0.1, -0.05) is 12.1 Å². The van der Waals surface area contributed by atoms with Gasteiger partial charge in [0.05, 0.1) is 0 Å². The van der Waals surface area contributed by atoms with Crippen molar-refractivity contribution >= 4 is 29.2 Å². The molecular weight excluding hydrogens is 380 g/mol. The van der Waals surface area contributed by atoms with Crippen molar-refractivity contribution in [2.24, 2.45) is 11.8 Å². The van der Waals surface area contributed by atoms with Crippen LogP contribution in [0.1, 0.15) is 41.6 Å². The number of carbonyl (C=O) groups excluding carboxylic acids is 3. The van der Waals surface area contributed by atoms with Crippen LogP contribution in [0, 0.1) is 18.8 Å². The summed E-state index contributed by atoms with van der Waals surface area (Å²) >= 11 is 0. The molecule has 1 aliphatic heterocycles. The van der Waals surface area contributed by atoms with Gasteiger partial charge < -0.3 is 15.5 Å². The number of piperidine rings is 1. The van der Waals surface area contributed by atoms with Crippen molar-refractivity contribution in [1.29, 1.82) is 0 Å². The minimum atomic E-state index is -0.138. The average molecular weight is 406 g/mol. The second kappa shape index (κ2) is 8.65. The van der Waals surface area contributed by atoms with E-state index < -0.39 is 0 Å². The number of aromatic nitrogens is 1. The van der Waals surface area contributed by atoms with Gasteiger partial charge in [-0.05, 0) is 62.4 Å². The molecule has 0 unspecified atom stereocenters. The summed E-state index contributed by atoms with van der Waals surface area (Å²) in [4.78, 5) is 43.3. The Kier molecular flexibility index (Phi) is 5.79. The maximum absolute atomic E-state index is 12.9. The number of carbonyl (C=O) groups is 3. The molecule has 0 bridgehead atoms. The molecule has 1 aliphatic carbocycles. The van der Waals surface area contributed by atoms with E-state index in [2.05, 4.69) is 15.6 Å². The first-order chi connectivity index (χ1) is 14.5. The summed E-state index contributed by atoms with van der Waals surface area (Å²) in [5.74, 6) is 0.425. The zero-order chi connectivity index (χ0) is 21.1. The molecule has 1 aromatic carbocycles. The first-order valence-corrected chi connectivity index (χ1v) is 10.4. The molecule has 7 heteroatoms. The van der Waals surface area contributed by atoms with Crippen molar-refractivity contribution in [1.82, 2.24) is 9.88 Å². The summed E-state index contributed by atoms with van der Waals surface area (Å²) in [6, 6.07) is 10.8. The van der Waals surface area contributed by atoms with Crippen LogP contribution in [0.5, 0.6) is 0 Å². The van der Waals surface area contributed by atoms with Crippen molar-refractivity contribution in [3.63, 3.8) is 0 Å². The number of anilines is 2. The van der Waals surface area contributed by atoms with Gasteiger partial charge in [0.25, 0.3) is 5.91 Å². The number of hydrogen-bond acceptors (Lipinski definition) is 4. The van der Waals surface area contributed by atoms with E-state index in [1.807, 2.05) is 13.0 Å². The maximum Gasteiger partial charge on any atom is 0.253 e. The fourth-order valence-electron chi connectivity index (χ4n) is 3.62. The Bertz CT molecular complexity index is 945. The Morgan fingerprint density at radius 1 is 0.933 bits per heavy atom. The highest BCUT2D eigenvalue weighted by molar-refractivity contribution is 5.98. The van der Waals surface area contributed by atoms with Crippen LogP contribution < -0.4 is 10.6 Å². The molecule has 1 saturated carbocycles. The molecule has 4 rings (SSSR count). The van der Waals surface area contributed by atoms with E-state index in [1.165, 1.54) is 0 Å². The van der Waals surface area contributed by atoms with E-state index in [0.717, 1.165) is 18.4 Å². The van der Waals surface area contributed by atoms with E-state index in [9.17, 15) is 14.4 Å². The number of amides is 3. The largest absolute Gasteiger partial charge is 0.339 e. The van der Waals surface area contributed by atoms with Gasteiger partial charge in [0.15, 0.2) is 0 Å². The molecule has 0 spiro atoms. The van der Waals surface area contributed by atoms with Crippen LogP contribution in [-0.4, -0.2) is 40.7 Å². The molecule has 0 radical (unpaired) electrons. The minimum absolute atomic E-state index is 0.0227. The Morgan fingerprint density at radius 3 is 2.30 bits per heavy atom. The second-order valence-electron chi connectivity index (χ2n) is 8.12. The number of pyridine rings is 1. The fraction of sp³-hybridized carbons (Fsp3) is 0.391. The molecule has 2 aromatic rings. The van der Waals surface area contributed by atoms with Crippen molar-refractivity contribution in [2.45, 2.75) is 32.6 Å². The van der Waals surface area contributed by atoms with Crippen LogP contribution in [0.3, 0.4) is 0 Å². The van der Waals surface area contributed by atoms with Gasteiger partial charge in [0.2, 0.25) is 11.8 Å². The third-order valence-corrected chi connectivity index (χ3v) is 5.64. The van der Waals surface area contributed by atoms with Crippen LogP contribution >= 0.6 is 0 Å². The van der Waals surface area contributed by atoms with Crippen LogP contribution in [0.2, 0.25) is 0 Å². The summed E-state index contributed by atoms with van der Waals surface area (Å²) in [5.41, 5.74) is 2.24.